The van der Waals surface area contributed by atoms with E-state index >= 15 is 0 Å². The van der Waals surface area contributed by atoms with Gasteiger partial charge in [-0.05, 0) is 32.0 Å². The van der Waals surface area contributed by atoms with Crippen LogP contribution in [0.2, 0.25) is 0 Å². The minimum atomic E-state index is -4.68. The topological polar surface area (TPSA) is 37.8 Å². The minimum absolute atomic E-state index is 0.0849. The molecule has 0 amide bonds. The van der Waals surface area contributed by atoms with Crippen LogP contribution in [-0.2, 0) is 6.18 Å². The van der Waals surface area contributed by atoms with Crippen molar-refractivity contribution in [2.24, 2.45) is 0 Å². The SMILES string of the molecule is CCNc1cc(C)nc(-c2ccc(F)cc2C(F)(F)F)n1. The van der Waals surface area contributed by atoms with Crippen LogP contribution < -0.4 is 5.32 Å². The van der Waals surface area contributed by atoms with E-state index in [-0.39, 0.29) is 11.4 Å². The molecule has 1 N–H and O–H groups in total. The zero-order valence-corrected chi connectivity index (χ0v) is 11.4. The van der Waals surface area contributed by atoms with Gasteiger partial charge < -0.3 is 5.32 Å². The second-order valence-electron chi connectivity index (χ2n) is 4.44. The highest BCUT2D eigenvalue weighted by Crippen LogP contribution is 2.36. The van der Waals surface area contributed by atoms with Crippen molar-refractivity contribution in [1.29, 1.82) is 0 Å². The minimum Gasteiger partial charge on any atom is -0.370 e. The predicted octanol–water partition coefficient (Wildman–Crippen LogP) is 4.04. The molecule has 0 fully saturated rings. The van der Waals surface area contributed by atoms with E-state index in [2.05, 4.69) is 15.3 Å². The van der Waals surface area contributed by atoms with Gasteiger partial charge in [-0.2, -0.15) is 13.2 Å². The van der Waals surface area contributed by atoms with E-state index < -0.39 is 17.6 Å². The molecule has 0 saturated carbocycles. The Kier molecular flexibility index (Phi) is 4.11. The van der Waals surface area contributed by atoms with Gasteiger partial charge >= 0.3 is 6.18 Å². The van der Waals surface area contributed by atoms with Gasteiger partial charge in [0.2, 0.25) is 0 Å². The predicted molar refractivity (Wildman–Crippen MR) is 71.3 cm³/mol. The molecule has 1 aromatic carbocycles. The van der Waals surface area contributed by atoms with Gasteiger partial charge in [0.1, 0.15) is 11.6 Å². The van der Waals surface area contributed by atoms with Crippen LogP contribution in [0.1, 0.15) is 18.2 Å². The van der Waals surface area contributed by atoms with Crippen molar-refractivity contribution in [1.82, 2.24) is 9.97 Å². The number of hydrogen-bond donors (Lipinski definition) is 1. The van der Waals surface area contributed by atoms with Gasteiger partial charge in [-0.25, -0.2) is 14.4 Å². The standard InChI is InChI=1S/C14H13F4N3/c1-3-19-12-6-8(2)20-13(21-12)10-5-4-9(15)7-11(10)14(16,17)18/h4-7H,3H2,1-2H3,(H,19,20,21). The van der Waals surface area contributed by atoms with Gasteiger partial charge in [0.15, 0.2) is 5.82 Å². The number of aromatic nitrogens is 2. The van der Waals surface area contributed by atoms with Crippen molar-refractivity contribution in [3.63, 3.8) is 0 Å². The van der Waals surface area contributed by atoms with E-state index in [1.807, 2.05) is 6.92 Å². The first-order valence-corrected chi connectivity index (χ1v) is 6.28. The molecule has 0 saturated heterocycles. The summed E-state index contributed by atoms with van der Waals surface area (Å²) in [6.45, 7) is 4.07. The molecule has 0 unspecified atom stereocenters. The van der Waals surface area contributed by atoms with Gasteiger partial charge in [-0.15, -0.1) is 0 Å². The highest BCUT2D eigenvalue weighted by Gasteiger charge is 2.35. The van der Waals surface area contributed by atoms with Gasteiger partial charge in [0.05, 0.1) is 5.56 Å². The van der Waals surface area contributed by atoms with E-state index in [0.29, 0.717) is 24.1 Å². The molecule has 0 atom stereocenters. The summed E-state index contributed by atoms with van der Waals surface area (Å²) in [5.41, 5.74) is -0.810. The van der Waals surface area contributed by atoms with Gasteiger partial charge in [0.25, 0.3) is 0 Å². The Balaban J connectivity index is 2.61. The average Bonchev–Trinajstić information content (AvgIpc) is 2.37. The van der Waals surface area contributed by atoms with E-state index in [0.717, 1.165) is 12.1 Å². The third kappa shape index (κ3) is 3.48. The zero-order chi connectivity index (χ0) is 15.6. The molecule has 0 aliphatic rings. The van der Waals surface area contributed by atoms with Crippen molar-refractivity contribution in [2.75, 3.05) is 11.9 Å². The highest BCUT2D eigenvalue weighted by molar-refractivity contribution is 5.63. The van der Waals surface area contributed by atoms with Crippen LogP contribution in [0.25, 0.3) is 11.4 Å². The summed E-state index contributed by atoms with van der Waals surface area (Å²) < 4.78 is 52.2. The summed E-state index contributed by atoms with van der Waals surface area (Å²) in [4.78, 5) is 8.07. The molecule has 21 heavy (non-hydrogen) atoms. The molecule has 1 heterocycles. The molecule has 3 nitrogen and oxygen atoms in total. The molecular weight excluding hydrogens is 286 g/mol. The molecule has 1 aromatic heterocycles. The lowest BCUT2D eigenvalue weighted by Gasteiger charge is -2.13. The number of anilines is 1. The summed E-state index contributed by atoms with van der Waals surface area (Å²) in [5, 5.41) is 2.92. The molecule has 0 bridgehead atoms. The largest absolute Gasteiger partial charge is 0.417 e. The normalized spacial score (nSPS) is 11.5. The molecule has 2 aromatic rings. The number of nitrogens with one attached hydrogen (secondary N) is 1. The number of benzene rings is 1. The van der Waals surface area contributed by atoms with Crippen LogP contribution in [0.5, 0.6) is 0 Å². The van der Waals surface area contributed by atoms with Crippen LogP contribution in [0.15, 0.2) is 24.3 Å². The van der Waals surface area contributed by atoms with E-state index in [1.54, 1.807) is 13.0 Å². The lowest BCUT2D eigenvalue weighted by atomic mass is 10.1. The fourth-order valence-corrected chi connectivity index (χ4v) is 1.91. The number of nitrogens with zero attached hydrogens (tertiary/aromatic N) is 2. The monoisotopic (exact) mass is 299 g/mol. The second-order valence-corrected chi connectivity index (χ2v) is 4.44. The zero-order valence-electron chi connectivity index (χ0n) is 11.4. The van der Waals surface area contributed by atoms with Crippen LogP contribution in [0, 0.1) is 12.7 Å². The Labute approximate surface area is 119 Å². The van der Waals surface area contributed by atoms with E-state index in [1.165, 1.54) is 0 Å². The number of hydrogen-bond acceptors (Lipinski definition) is 3. The number of halogens is 4. The summed E-state index contributed by atoms with van der Waals surface area (Å²) in [5.74, 6) is -0.610. The van der Waals surface area contributed by atoms with Crippen molar-refractivity contribution in [2.45, 2.75) is 20.0 Å². The van der Waals surface area contributed by atoms with Gasteiger partial charge in [-0.3, -0.25) is 0 Å². The van der Waals surface area contributed by atoms with Crippen LogP contribution in [0.4, 0.5) is 23.4 Å². The fraction of sp³-hybridized carbons (Fsp3) is 0.286. The summed E-state index contributed by atoms with van der Waals surface area (Å²) in [6.07, 6.45) is -4.68. The Morgan fingerprint density at radius 2 is 1.86 bits per heavy atom. The number of alkyl halides is 3. The molecule has 112 valence electrons. The average molecular weight is 299 g/mol. The molecular formula is C14H13F4N3. The fourth-order valence-electron chi connectivity index (χ4n) is 1.91. The molecule has 0 radical (unpaired) electrons. The van der Waals surface area contributed by atoms with Crippen molar-refractivity contribution in [3.05, 3.63) is 41.3 Å². The Bertz CT molecular complexity index is 653. The van der Waals surface area contributed by atoms with E-state index in [4.69, 9.17) is 0 Å². The van der Waals surface area contributed by atoms with Crippen LogP contribution in [0.3, 0.4) is 0 Å². The highest BCUT2D eigenvalue weighted by atomic mass is 19.4. The Hall–Kier alpha value is -2.18. The third-order valence-corrected chi connectivity index (χ3v) is 2.74. The molecule has 7 heteroatoms. The molecule has 2 rings (SSSR count). The van der Waals surface area contributed by atoms with Gasteiger partial charge in [0, 0.05) is 23.9 Å². The third-order valence-electron chi connectivity index (χ3n) is 2.74. The smallest absolute Gasteiger partial charge is 0.370 e. The lowest BCUT2D eigenvalue weighted by molar-refractivity contribution is -0.137. The Morgan fingerprint density at radius 3 is 2.48 bits per heavy atom. The first-order valence-electron chi connectivity index (χ1n) is 6.28. The van der Waals surface area contributed by atoms with Crippen LogP contribution in [-0.4, -0.2) is 16.5 Å². The Morgan fingerprint density at radius 1 is 1.14 bits per heavy atom. The maximum Gasteiger partial charge on any atom is 0.417 e. The van der Waals surface area contributed by atoms with Crippen molar-refractivity contribution >= 4 is 5.82 Å². The first kappa shape index (κ1) is 15.2. The second kappa shape index (κ2) is 5.67. The van der Waals surface area contributed by atoms with Crippen molar-refractivity contribution in [3.8, 4) is 11.4 Å². The van der Waals surface area contributed by atoms with Gasteiger partial charge in [-0.1, -0.05) is 0 Å². The quantitative estimate of drug-likeness (QED) is 0.869. The molecule has 0 aliphatic carbocycles. The summed E-state index contributed by atoms with van der Waals surface area (Å²) in [6, 6.07) is 4.09. The summed E-state index contributed by atoms with van der Waals surface area (Å²) >= 11 is 0. The van der Waals surface area contributed by atoms with E-state index in [9.17, 15) is 17.6 Å². The number of aryl methyl sites for hydroxylation is 1. The first-order chi connectivity index (χ1) is 9.81. The summed E-state index contributed by atoms with van der Waals surface area (Å²) in [7, 11) is 0. The van der Waals surface area contributed by atoms with Crippen LogP contribution >= 0.6 is 0 Å². The molecule has 0 aliphatic heterocycles. The van der Waals surface area contributed by atoms with Crippen molar-refractivity contribution < 1.29 is 17.6 Å². The lowest BCUT2D eigenvalue weighted by Crippen LogP contribution is -2.10. The molecule has 0 spiro atoms. The maximum absolute atomic E-state index is 13.1. The number of rotatable bonds is 3. The maximum atomic E-state index is 13.1.